The Labute approximate surface area is 77.1 Å². The Bertz CT molecular complexity index is 332. The molecule has 4 nitrogen and oxygen atoms in total. The van der Waals surface area contributed by atoms with Crippen LogP contribution in [0, 0.1) is 6.92 Å². The normalized spacial score (nSPS) is 11.4. The predicted octanol–water partition coefficient (Wildman–Crippen LogP) is 1.16. The van der Waals surface area contributed by atoms with Gasteiger partial charge in [0.1, 0.15) is 5.76 Å². The van der Waals surface area contributed by atoms with Crippen LogP contribution < -0.4 is 5.32 Å². The van der Waals surface area contributed by atoms with Gasteiger partial charge in [0.05, 0.1) is 12.7 Å². The van der Waals surface area contributed by atoms with E-state index in [0.717, 1.165) is 0 Å². The standard InChI is InChI=1S/C7H7F3N2O2/c1-4-2-11-5(14-4)3-12-6(13)7(8,9)10/h2H,3H2,1H3,(H,12,13). The average Bonchev–Trinajstić information content (AvgIpc) is 2.45. The fourth-order valence-electron chi connectivity index (χ4n) is 0.739. The third-order valence-corrected chi connectivity index (χ3v) is 1.33. The Morgan fingerprint density at radius 1 is 1.64 bits per heavy atom. The van der Waals surface area contributed by atoms with Gasteiger partial charge in [-0.15, -0.1) is 0 Å². The molecule has 0 aliphatic carbocycles. The Kier molecular flexibility index (Phi) is 2.78. The summed E-state index contributed by atoms with van der Waals surface area (Å²) < 4.78 is 39.9. The molecule has 0 atom stereocenters. The quantitative estimate of drug-likeness (QED) is 0.793. The highest BCUT2D eigenvalue weighted by molar-refractivity contribution is 5.81. The van der Waals surface area contributed by atoms with Crippen LogP contribution in [0.25, 0.3) is 0 Å². The summed E-state index contributed by atoms with van der Waals surface area (Å²) in [6, 6.07) is 0. The van der Waals surface area contributed by atoms with Crippen LogP contribution in [0.3, 0.4) is 0 Å². The van der Waals surface area contributed by atoms with Crippen LogP contribution in [0.5, 0.6) is 0 Å². The second-order valence-electron chi connectivity index (χ2n) is 2.55. The highest BCUT2D eigenvalue weighted by Gasteiger charge is 2.38. The minimum atomic E-state index is -4.87. The first kappa shape index (κ1) is 10.6. The number of carbonyl (C=O) groups excluding carboxylic acids is 1. The van der Waals surface area contributed by atoms with Gasteiger partial charge in [0.25, 0.3) is 0 Å². The van der Waals surface area contributed by atoms with Crippen LogP contribution in [0.2, 0.25) is 0 Å². The molecule has 1 aromatic rings. The fraction of sp³-hybridized carbons (Fsp3) is 0.429. The summed E-state index contributed by atoms with van der Waals surface area (Å²) in [5.74, 6) is -1.49. The van der Waals surface area contributed by atoms with Gasteiger partial charge in [-0.1, -0.05) is 0 Å². The molecule has 0 saturated heterocycles. The lowest BCUT2D eigenvalue weighted by Gasteiger charge is -2.05. The van der Waals surface area contributed by atoms with Gasteiger partial charge in [-0.05, 0) is 6.92 Å². The molecule has 1 heterocycles. The summed E-state index contributed by atoms with van der Waals surface area (Å²) in [5, 5.41) is 1.63. The van der Waals surface area contributed by atoms with Crippen molar-refractivity contribution >= 4 is 5.91 Å². The smallest absolute Gasteiger partial charge is 0.444 e. The molecule has 0 spiro atoms. The number of hydrogen-bond acceptors (Lipinski definition) is 3. The zero-order valence-electron chi connectivity index (χ0n) is 7.18. The SMILES string of the molecule is Cc1cnc(CNC(=O)C(F)(F)F)o1. The van der Waals surface area contributed by atoms with Crippen molar-refractivity contribution in [3.05, 3.63) is 17.8 Å². The van der Waals surface area contributed by atoms with Crippen molar-refractivity contribution in [3.8, 4) is 0 Å². The minimum absolute atomic E-state index is 0.0418. The molecule has 1 amide bonds. The largest absolute Gasteiger partial charge is 0.471 e. The maximum absolute atomic E-state index is 11.7. The second-order valence-corrected chi connectivity index (χ2v) is 2.55. The summed E-state index contributed by atoms with van der Waals surface area (Å²) in [7, 11) is 0. The minimum Gasteiger partial charge on any atom is -0.444 e. The lowest BCUT2D eigenvalue weighted by Crippen LogP contribution is -2.36. The highest BCUT2D eigenvalue weighted by Crippen LogP contribution is 2.14. The number of carbonyl (C=O) groups is 1. The van der Waals surface area contributed by atoms with E-state index in [-0.39, 0.29) is 12.4 Å². The number of nitrogens with zero attached hydrogens (tertiary/aromatic N) is 1. The molecule has 0 unspecified atom stereocenters. The van der Waals surface area contributed by atoms with Crippen molar-refractivity contribution in [2.45, 2.75) is 19.6 Å². The summed E-state index contributed by atoms with van der Waals surface area (Å²) in [5.41, 5.74) is 0. The molecule has 0 bridgehead atoms. The van der Waals surface area contributed by atoms with Crippen LogP contribution in [0.15, 0.2) is 10.6 Å². The molecule has 0 aliphatic rings. The van der Waals surface area contributed by atoms with Gasteiger partial charge in [-0.3, -0.25) is 4.79 Å². The summed E-state index contributed by atoms with van der Waals surface area (Å²) >= 11 is 0. The number of oxazole rings is 1. The summed E-state index contributed by atoms with van der Waals surface area (Å²) in [6.07, 6.45) is -3.52. The molecule has 0 saturated carbocycles. The first-order valence-corrected chi connectivity index (χ1v) is 3.66. The first-order chi connectivity index (χ1) is 6.39. The molecule has 0 fully saturated rings. The number of nitrogens with one attached hydrogen (secondary N) is 1. The number of alkyl halides is 3. The Morgan fingerprint density at radius 2 is 2.29 bits per heavy atom. The van der Waals surface area contributed by atoms with E-state index in [1.165, 1.54) is 6.20 Å². The van der Waals surface area contributed by atoms with Crippen LogP contribution in [-0.4, -0.2) is 17.1 Å². The number of aromatic nitrogens is 1. The Hall–Kier alpha value is -1.53. The molecule has 14 heavy (non-hydrogen) atoms. The van der Waals surface area contributed by atoms with Crippen molar-refractivity contribution in [1.82, 2.24) is 10.3 Å². The van der Waals surface area contributed by atoms with Gasteiger partial charge in [0, 0.05) is 0 Å². The van der Waals surface area contributed by atoms with Gasteiger partial charge in [-0.25, -0.2) is 4.98 Å². The Morgan fingerprint density at radius 3 is 2.71 bits per heavy atom. The molecule has 0 aromatic carbocycles. The molecule has 7 heteroatoms. The summed E-state index contributed by atoms with van der Waals surface area (Å²) in [4.78, 5) is 14.0. The Balaban J connectivity index is 2.46. The van der Waals surface area contributed by atoms with E-state index in [1.807, 2.05) is 0 Å². The lowest BCUT2D eigenvalue weighted by molar-refractivity contribution is -0.173. The van der Waals surface area contributed by atoms with Crippen molar-refractivity contribution in [2.75, 3.05) is 0 Å². The van der Waals surface area contributed by atoms with Gasteiger partial charge < -0.3 is 9.73 Å². The monoisotopic (exact) mass is 208 g/mol. The molecule has 1 rings (SSSR count). The molecule has 0 radical (unpaired) electrons. The maximum Gasteiger partial charge on any atom is 0.471 e. The maximum atomic E-state index is 11.7. The van der Waals surface area contributed by atoms with E-state index in [0.29, 0.717) is 5.76 Å². The van der Waals surface area contributed by atoms with E-state index < -0.39 is 12.1 Å². The van der Waals surface area contributed by atoms with Crippen LogP contribution in [0.4, 0.5) is 13.2 Å². The first-order valence-electron chi connectivity index (χ1n) is 3.66. The molecule has 1 N–H and O–H groups in total. The molecule has 78 valence electrons. The number of aryl methyl sites for hydroxylation is 1. The van der Waals surface area contributed by atoms with E-state index >= 15 is 0 Å². The van der Waals surface area contributed by atoms with Crippen molar-refractivity contribution < 1.29 is 22.4 Å². The topological polar surface area (TPSA) is 55.1 Å². The van der Waals surface area contributed by atoms with Gasteiger partial charge in [0.15, 0.2) is 0 Å². The van der Waals surface area contributed by atoms with E-state index in [9.17, 15) is 18.0 Å². The lowest BCUT2D eigenvalue weighted by atomic mass is 10.5. The molecular weight excluding hydrogens is 201 g/mol. The zero-order chi connectivity index (χ0) is 10.8. The third-order valence-electron chi connectivity index (χ3n) is 1.33. The van der Waals surface area contributed by atoms with E-state index in [1.54, 1.807) is 12.2 Å². The number of hydrogen-bond donors (Lipinski definition) is 1. The van der Waals surface area contributed by atoms with Gasteiger partial charge in [0.2, 0.25) is 5.89 Å². The number of halogens is 3. The highest BCUT2D eigenvalue weighted by atomic mass is 19.4. The van der Waals surface area contributed by atoms with Crippen LogP contribution in [0.1, 0.15) is 11.7 Å². The molecule has 1 aromatic heterocycles. The zero-order valence-corrected chi connectivity index (χ0v) is 7.18. The van der Waals surface area contributed by atoms with Gasteiger partial charge in [-0.2, -0.15) is 13.2 Å². The van der Waals surface area contributed by atoms with E-state index in [4.69, 9.17) is 4.42 Å². The molecular formula is C7H7F3N2O2. The fourth-order valence-corrected chi connectivity index (χ4v) is 0.739. The number of amides is 1. The third kappa shape index (κ3) is 2.75. The predicted molar refractivity (Wildman–Crippen MR) is 39.1 cm³/mol. The number of rotatable bonds is 2. The van der Waals surface area contributed by atoms with E-state index in [2.05, 4.69) is 4.98 Å². The van der Waals surface area contributed by atoms with Gasteiger partial charge >= 0.3 is 12.1 Å². The van der Waals surface area contributed by atoms with Crippen LogP contribution >= 0.6 is 0 Å². The second kappa shape index (κ2) is 3.69. The molecule has 0 aliphatic heterocycles. The average molecular weight is 208 g/mol. The van der Waals surface area contributed by atoms with Crippen molar-refractivity contribution in [2.24, 2.45) is 0 Å². The summed E-state index contributed by atoms with van der Waals surface area (Å²) in [6.45, 7) is 1.23. The van der Waals surface area contributed by atoms with Crippen molar-refractivity contribution in [3.63, 3.8) is 0 Å². The van der Waals surface area contributed by atoms with Crippen molar-refractivity contribution in [1.29, 1.82) is 0 Å². The van der Waals surface area contributed by atoms with Crippen LogP contribution in [-0.2, 0) is 11.3 Å².